The van der Waals surface area contributed by atoms with Crippen molar-refractivity contribution in [2.24, 2.45) is 5.18 Å². The van der Waals surface area contributed by atoms with Crippen LogP contribution in [0.25, 0.3) is 0 Å². The molecule has 0 saturated carbocycles. The predicted molar refractivity (Wildman–Crippen MR) is 65.6 cm³/mol. The van der Waals surface area contributed by atoms with Crippen LogP contribution in [0.3, 0.4) is 0 Å². The fraction of sp³-hybridized carbons (Fsp3) is 0.462. The lowest BCUT2D eigenvalue weighted by Crippen LogP contribution is -2.19. The van der Waals surface area contributed by atoms with Crippen molar-refractivity contribution in [2.45, 2.75) is 31.7 Å². The Morgan fingerprint density at radius 2 is 2.00 bits per heavy atom. The zero-order valence-electron chi connectivity index (χ0n) is 9.96. The predicted octanol–water partition coefficient (Wildman–Crippen LogP) is 2.71. The van der Waals surface area contributed by atoms with Gasteiger partial charge in [0.1, 0.15) is 0 Å². The molecule has 17 heavy (non-hydrogen) atoms. The van der Waals surface area contributed by atoms with Crippen LogP contribution in [0, 0.1) is 4.91 Å². The molecule has 0 aliphatic rings. The smallest absolute Gasteiger partial charge is 0.334 e. The van der Waals surface area contributed by atoms with E-state index in [1.807, 2.05) is 18.2 Å². The maximum Gasteiger partial charge on any atom is 0.334 e. The standard InChI is InChI=1S/C13H17NO3/c1-17-13(15)12(14-16)10-6-5-9-11-7-3-2-4-8-11/h2-4,7-8,12H,5-6,9-10H2,1H3. The molecular weight excluding hydrogens is 218 g/mol. The van der Waals surface area contributed by atoms with Gasteiger partial charge in [-0.25, -0.2) is 4.79 Å². The number of benzene rings is 1. The highest BCUT2D eigenvalue weighted by Gasteiger charge is 2.18. The van der Waals surface area contributed by atoms with Gasteiger partial charge in [0.15, 0.2) is 6.04 Å². The number of hydrogen-bond donors (Lipinski definition) is 0. The van der Waals surface area contributed by atoms with Crippen LogP contribution in [0.15, 0.2) is 35.5 Å². The molecule has 4 heteroatoms. The molecule has 0 aliphatic carbocycles. The average molecular weight is 235 g/mol. The van der Waals surface area contributed by atoms with E-state index in [2.05, 4.69) is 22.0 Å². The minimum Gasteiger partial charge on any atom is -0.467 e. The van der Waals surface area contributed by atoms with Crippen molar-refractivity contribution in [1.82, 2.24) is 0 Å². The van der Waals surface area contributed by atoms with E-state index < -0.39 is 12.0 Å². The number of aryl methyl sites for hydroxylation is 1. The Morgan fingerprint density at radius 3 is 2.59 bits per heavy atom. The largest absolute Gasteiger partial charge is 0.467 e. The molecule has 4 nitrogen and oxygen atoms in total. The Hall–Kier alpha value is -1.71. The monoisotopic (exact) mass is 235 g/mol. The van der Waals surface area contributed by atoms with Gasteiger partial charge in [0.05, 0.1) is 7.11 Å². The van der Waals surface area contributed by atoms with E-state index in [9.17, 15) is 9.70 Å². The van der Waals surface area contributed by atoms with Crippen molar-refractivity contribution in [2.75, 3.05) is 7.11 Å². The van der Waals surface area contributed by atoms with Gasteiger partial charge in [0.25, 0.3) is 0 Å². The molecule has 1 aromatic rings. The van der Waals surface area contributed by atoms with E-state index in [1.54, 1.807) is 0 Å². The van der Waals surface area contributed by atoms with E-state index in [0.717, 1.165) is 19.3 Å². The van der Waals surface area contributed by atoms with Gasteiger partial charge in [-0.2, -0.15) is 0 Å². The van der Waals surface area contributed by atoms with Gasteiger partial charge in [-0.3, -0.25) is 0 Å². The number of nitroso groups, excluding NO2 is 1. The molecule has 0 saturated heterocycles. The first-order valence-electron chi connectivity index (χ1n) is 5.72. The zero-order valence-corrected chi connectivity index (χ0v) is 9.96. The van der Waals surface area contributed by atoms with Crippen LogP contribution in [0.4, 0.5) is 0 Å². The van der Waals surface area contributed by atoms with E-state index in [1.165, 1.54) is 12.7 Å². The van der Waals surface area contributed by atoms with E-state index in [4.69, 9.17) is 0 Å². The third-order valence-electron chi connectivity index (χ3n) is 2.64. The summed E-state index contributed by atoms with van der Waals surface area (Å²) >= 11 is 0. The fourth-order valence-corrected chi connectivity index (χ4v) is 1.66. The fourth-order valence-electron chi connectivity index (χ4n) is 1.66. The van der Waals surface area contributed by atoms with Gasteiger partial charge in [0, 0.05) is 0 Å². The molecule has 0 N–H and O–H groups in total. The van der Waals surface area contributed by atoms with Crippen LogP contribution < -0.4 is 0 Å². The third-order valence-corrected chi connectivity index (χ3v) is 2.64. The zero-order chi connectivity index (χ0) is 12.5. The first-order chi connectivity index (χ1) is 8.27. The normalized spacial score (nSPS) is 11.8. The minimum atomic E-state index is -0.851. The first kappa shape index (κ1) is 13.4. The summed E-state index contributed by atoms with van der Waals surface area (Å²) < 4.78 is 4.49. The summed E-state index contributed by atoms with van der Waals surface area (Å²) in [7, 11) is 1.27. The highest BCUT2D eigenvalue weighted by molar-refractivity contribution is 5.75. The van der Waals surface area contributed by atoms with Crippen molar-refractivity contribution in [3.63, 3.8) is 0 Å². The summed E-state index contributed by atoms with van der Waals surface area (Å²) in [6.07, 6.45) is 3.14. The number of hydrogen-bond acceptors (Lipinski definition) is 4. The number of rotatable bonds is 7. The molecule has 1 rings (SSSR count). The van der Waals surface area contributed by atoms with Crippen molar-refractivity contribution in [1.29, 1.82) is 0 Å². The summed E-state index contributed by atoms with van der Waals surface area (Å²) in [4.78, 5) is 21.5. The Bertz CT molecular complexity index is 351. The Morgan fingerprint density at radius 1 is 1.29 bits per heavy atom. The molecular formula is C13H17NO3. The first-order valence-corrected chi connectivity index (χ1v) is 5.72. The Labute approximate surface area is 101 Å². The van der Waals surface area contributed by atoms with Crippen molar-refractivity contribution >= 4 is 5.97 Å². The Balaban J connectivity index is 2.23. The lowest BCUT2D eigenvalue weighted by atomic mass is 10.0. The minimum absolute atomic E-state index is 0.461. The number of nitrogens with zero attached hydrogens (tertiary/aromatic N) is 1. The molecule has 0 aliphatic heterocycles. The number of carbonyl (C=O) groups excluding carboxylic acids is 1. The van der Waals surface area contributed by atoms with Gasteiger partial charge in [-0.05, 0) is 24.8 Å². The topological polar surface area (TPSA) is 55.7 Å². The van der Waals surface area contributed by atoms with Gasteiger partial charge in [-0.1, -0.05) is 41.9 Å². The van der Waals surface area contributed by atoms with Crippen LogP contribution in [0.5, 0.6) is 0 Å². The van der Waals surface area contributed by atoms with Crippen molar-refractivity contribution in [3.05, 3.63) is 40.8 Å². The SMILES string of the molecule is COC(=O)C(CCCCc1ccccc1)N=O. The second kappa shape index (κ2) is 7.54. The third kappa shape index (κ3) is 4.76. The highest BCUT2D eigenvalue weighted by Crippen LogP contribution is 2.10. The molecule has 1 atom stereocenters. The van der Waals surface area contributed by atoms with Crippen molar-refractivity contribution in [3.8, 4) is 0 Å². The van der Waals surface area contributed by atoms with E-state index >= 15 is 0 Å². The molecule has 0 bridgehead atoms. The van der Waals surface area contributed by atoms with Crippen LogP contribution in [-0.2, 0) is 16.0 Å². The number of ether oxygens (including phenoxy) is 1. The van der Waals surface area contributed by atoms with E-state index in [0.29, 0.717) is 6.42 Å². The highest BCUT2D eigenvalue weighted by atomic mass is 16.5. The second-order valence-electron chi connectivity index (χ2n) is 3.88. The van der Waals surface area contributed by atoms with Crippen LogP contribution in [0.2, 0.25) is 0 Å². The number of unbranched alkanes of at least 4 members (excludes halogenated alkanes) is 1. The van der Waals surface area contributed by atoms with Gasteiger partial charge in [0.2, 0.25) is 0 Å². The Kier molecular flexibility index (Phi) is 5.93. The second-order valence-corrected chi connectivity index (χ2v) is 3.88. The molecule has 0 heterocycles. The molecule has 0 radical (unpaired) electrons. The van der Waals surface area contributed by atoms with Crippen LogP contribution in [0.1, 0.15) is 24.8 Å². The van der Waals surface area contributed by atoms with Crippen LogP contribution in [-0.4, -0.2) is 19.1 Å². The van der Waals surface area contributed by atoms with E-state index in [-0.39, 0.29) is 0 Å². The lowest BCUT2D eigenvalue weighted by molar-refractivity contribution is -0.142. The van der Waals surface area contributed by atoms with Crippen LogP contribution >= 0.6 is 0 Å². The molecule has 92 valence electrons. The lowest BCUT2D eigenvalue weighted by Gasteiger charge is -2.06. The summed E-state index contributed by atoms with van der Waals surface area (Å²) in [5.74, 6) is -0.542. The number of methoxy groups -OCH3 is 1. The molecule has 0 spiro atoms. The summed E-state index contributed by atoms with van der Waals surface area (Å²) in [6.45, 7) is 0. The molecule has 1 unspecified atom stereocenters. The number of esters is 1. The summed E-state index contributed by atoms with van der Waals surface area (Å²) in [6, 6.07) is 9.26. The maximum absolute atomic E-state index is 11.1. The number of carbonyl (C=O) groups is 1. The quantitative estimate of drug-likeness (QED) is 0.415. The summed E-state index contributed by atoms with van der Waals surface area (Å²) in [5.41, 5.74) is 1.26. The molecule has 0 fully saturated rings. The van der Waals surface area contributed by atoms with Gasteiger partial charge in [-0.15, -0.1) is 4.91 Å². The molecule has 0 aromatic heterocycles. The average Bonchev–Trinajstić information content (AvgIpc) is 2.39. The molecule has 1 aromatic carbocycles. The summed E-state index contributed by atoms with van der Waals surface area (Å²) in [5, 5.41) is 2.78. The van der Waals surface area contributed by atoms with Crippen molar-refractivity contribution < 1.29 is 9.53 Å². The van der Waals surface area contributed by atoms with Gasteiger partial charge >= 0.3 is 5.97 Å². The molecule has 0 amide bonds. The van der Waals surface area contributed by atoms with Gasteiger partial charge < -0.3 is 4.74 Å². The maximum atomic E-state index is 11.1.